The molecule has 66 valence electrons. The highest BCUT2D eigenvalue weighted by Gasteiger charge is 2.37. The van der Waals surface area contributed by atoms with Gasteiger partial charge in [-0.3, -0.25) is 0 Å². The Bertz CT molecular complexity index is 105. The lowest BCUT2D eigenvalue weighted by molar-refractivity contribution is 0.489. The highest BCUT2D eigenvalue weighted by Crippen LogP contribution is 2.47. The van der Waals surface area contributed by atoms with Crippen molar-refractivity contribution in [2.75, 3.05) is 0 Å². The average Bonchev–Trinajstić information content (AvgIpc) is 2.68. The first-order valence-corrected chi connectivity index (χ1v) is 5.25. The third kappa shape index (κ3) is 2.84. The molecule has 1 aliphatic carbocycles. The first-order valence-electron chi connectivity index (χ1n) is 5.25. The highest BCUT2D eigenvalue weighted by atomic mass is 14.4. The van der Waals surface area contributed by atoms with Gasteiger partial charge in [0.25, 0.3) is 0 Å². The zero-order valence-electron chi connectivity index (χ0n) is 8.27. The summed E-state index contributed by atoms with van der Waals surface area (Å²) in [6.45, 7) is 7.02. The van der Waals surface area contributed by atoms with Crippen molar-refractivity contribution in [3.05, 3.63) is 0 Å². The molecule has 0 saturated heterocycles. The zero-order valence-corrected chi connectivity index (χ0v) is 8.27. The Balaban J connectivity index is 1.96. The molecule has 0 aromatic rings. The molecule has 0 aromatic carbocycles. The quantitative estimate of drug-likeness (QED) is 0.527. The molecule has 2 unspecified atom stereocenters. The lowest BCUT2D eigenvalue weighted by Crippen LogP contribution is -1.92. The third-order valence-electron chi connectivity index (χ3n) is 3.01. The van der Waals surface area contributed by atoms with E-state index >= 15 is 0 Å². The molecule has 0 heterocycles. The van der Waals surface area contributed by atoms with Crippen LogP contribution in [-0.2, 0) is 0 Å². The Kier molecular flexibility index (Phi) is 3.42. The Morgan fingerprint density at radius 3 is 2.45 bits per heavy atom. The van der Waals surface area contributed by atoms with E-state index in [-0.39, 0.29) is 0 Å². The maximum absolute atomic E-state index is 2.37. The number of unbranched alkanes of at least 4 members (excludes halogenated alkanes) is 2. The fourth-order valence-electron chi connectivity index (χ4n) is 2.08. The van der Waals surface area contributed by atoms with Crippen molar-refractivity contribution in [1.29, 1.82) is 0 Å². The Morgan fingerprint density at radius 2 is 2.00 bits per heavy atom. The fourth-order valence-corrected chi connectivity index (χ4v) is 2.08. The van der Waals surface area contributed by atoms with Crippen LogP contribution in [0.15, 0.2) is 0 Å². The van der Waals surface area contributed by atoms with Crippen LogP contribution in [0.3, 0.4) is 0 Å². The van der Waals surface area contributed by atoms with Gasteiger partial charge in [0.05, 0.1) is 0 Å². The molecule has 1 aliphatic rings. The fraction of sp³-hybridized carbons (Fsp3) is 1.00. The largest absolute Gasteiger partial charge is 0.0654 e. The summed E-state index contributed by atoms with van der Waals surface area (Å²) in [4.78, 5) is 0. The second kappa shape index (κ2) is 4.13. The topological polar surface area (TPSA) is 0 Å². The third-order valence-corrected chi connectivity index (χ3v) is 3.01. The molecule has 1 rings (SSSR count). The van der Waals surface area contributed by atoms with E-state index in [4.69, 9.17) is 0 Å². The molecule has 0 aromatic heterocycles. The van der Waals surface area contributed by atoms with Crippen molar-refractivity contribution < 1.29 is 0 Å². The van der Waals surface area contributed by atoms with Gasteiger partial charge in [0.2, 0.25) is 0 Å². The molecule has 0 aliphatic heterocycles. The van der Waals surface area contributed by atoms with Crippen LogP contribution in [0.1, 0.15) is 52.9 Å². The first kappa shape index (κ1) is 9.09. The number of hydrogen-bond donors (Lipinski definition) is 0. The molecule has 0 bridgehead atoms. The molecule has 2 atom stereocenters. The average molecular weight is 154 g/mol. The minimum Gasteiger partial charge on any atom is -0.0654 e. The van der Waals surface area contributed by atoms with Crippen LogP contribution >= 0.6 is 0 Å². The van der Waals surface area contributed by atoms with E-state index < -0.39 is 0 Å². The number of rotatable bonds is 5. The van der Waals surface area contributed by atoms with Crippen LogP contribution in [0.2, 0.25) is 0 Å². The first-order chi connectivity index (χ1) is 5.25. The lowest BCUT2D eigenvalue weighted by Gasteiger charge is -2.02. The predicted octanol–water partition coefficient (Wildman–Crippen LogP) is 3.86. The van der Waals surface area contributed by atoms with Gasteiger partial charge < -0.3 is 0 Å². The van der Waals surface area contributed by atoms with E-state index in [9.17, 15) is 0 Å². The standard InChI is InChI=1S/C11H22/c1-4-5-6-7-10-8-11(10)9(2)3/h9-11H,4-8H2,1-3H3. The highest BCUT2D eigenvalue weighted by molar-refractivity contribution is 4.87. The van der Waals surface area contributed by atoms with Gasteiger partial charge in [-0.2, -0.15) is 0 Å². The van der Waals surface area contributed by atoms with Crippen LogP contribution in [-0.4, -0.2) is 0 Å². The smallest absolute Gasteiger partial charge is 0.0360 e. The van der Waals surface area contributed by atoms with Gasteiger partial charge >= 0.3 is 0 Å². The summed E-state index contributed by atoms with van der Waals surface area (Å²) in [7, 11) is 0. The molecule has 0 amide bonds. The summed E-state index contributed by atoms with van der Waals surface area (Å²) in [6.07, 6.45) is 7.34. The normalized spacial score (nSPS) is 29.5. The van der Waals surface area contributed by atoms with E-state index in [2.05, 4.69) is 20.8 Å². The maximum Gasteiger partial charge on any atom is -0.0360 e. The monoisotopic (exact) mass is 154 g/mol. The Labute approximate surface area is 71.4 Å². The van der Waals surface area contributed by atoms with Gasteiger partial charge in [-0.25, -0.2) is 0 Å². The van der Waals surface area contributed by atoms with Gasteiger partial charge in [0.1, 0.15) is 0 Å². The van der Waals surface area contributed by atoms with Crippen LogP contribution in [0.25, 0.3) is 0 Å². The van der Waals surface area contributed by atoms with Crippen molar-refractivity contribution >= 4 is 0 Å². The second-order valence-corrected chi connectivity index (χ2v) is 4.40. The minimum absolute atomic E-state index is 0.946. The van der Waals surface area contributed by atoms with E-state index in [0.29, 0.717) is 0 Å². The number of hydrogen-bond acceptors (Lipinski definition) is 0. The molecule has 1 saturated carbocycles. The molecular weight excluding hydrogens is 132 g/mol. The van der Waals surface area contributed by atoms with Crippen molar-refractivity contribution in [1.82, 2.24) is 0 Å². The molecule has 0 nitrogen and oxygen atoms in total. The van der Waals surface area contributed by atoms with E-state index in [1.54, 1.807) is 0 Å². The van der Waals surface area contributed by atoms with Crippen molar-refractivity contribution in [3.8, 4) is 0 Å². The minimum atomic E-state index is 0.946. The summed E-state index contributed by atoms with van der Waals surface area (Å²) >= 11 is 0. The second-order valence-electron chi connectivity index (χ2n) is 4.40. The summed E-state index contributed by atoms with van der Waals surface area (Å²) < 4.78 is 0. The van der Waals surface area contributed by atoms with Gasteiger partial charge in [0, 0.05) is 0 Å². The van der Waals surface area contributed by atoms with E-state index in [1.807, 2.05) is 0 Å². The van der Waals surface area contributed by atoms with Crippen molar-refractivity contribution in [3.63, 3.8) is 0 Å². The maximum atomic E-state index is 2.37. The molecule has 0 heteroatoms. The zero-order chi connectivity index (χ0) is 8.27. The van der Waals surface area contributed by atoms with Crippen LogP contribution in [0.5, 0.6) is 0 Å². The van der Waals surface area contributed by atoms with Gasteiger partial charge in [-0.05, 0) is 24.2 Å². The van der Waals surface area contributed by atoms with Gasteiger partial charge in [-0.15, -0.1) is 0 Å². The Morgan fingerprint density at radius 1 is 1.27 bits per heavy atom. The molecular formula is C11H22. The molecule has 1 fully saturated rings. The summed E-state index contributed by atoms with van der Waals surface area (Å²) in [5.74, 6) is 3.15. The SMILES string of the molecule is CCCCCC1CC1C(C)C. The van der Waals surface area contributed by atoms with Crippen molar-refractivity contribution in [2.45, 2.75) is 52.9 Å². The molecule has 0 N–H and O–H groups in total. The molecule has 11 heavy (non-hydrogen) atoms. The van der Waals surface area contributed by atoms with Crippen molar-refractivity contribution in [2.24, 2.45) is 17.8 Å². The van der Waals surface area contributed by atoms with E-state index in [1.165, 1.54) is 32.1 Å². The Hall–Kier alpha value is 0. The summed E-state index contributed by atoms with van der Waals surface area (Å²) in [5.41, 5.74) is 0. The van der Waals surface area contributed by atoms with Gasteiger partial charge in [0.15, 0.2) is 0 Å². The summed E-state index contributed by atoms with van der Waals surface area (Å²) in [6, 6.07) is 0. The lowest BCUT2D eigenvalue weighted by atomic mass is 10.0. The molecule has 0 radical (unpaired) electrons. The predicted molar refractivity (Wildman–Crippen MR) is 50.6 cm³/mol. The molecule has 0 spiro atoms. The van der Waals surface area contributed by atoms with Crippen LogP contribution in [0, 0.1) is 17.8 Å². The van der Waals surface area contributed by atoms with Crippen LogP contribution in [0.4, 0.5) is 0 Å². The summed E-state index contributed by atoms with van der Waals surface area (Å²) in [5, 5.41) is 0. The van der Waals surface area contributed by atoms with Crippen LogP contribution < -0.4 is 0 Å². The van der Waals surface area contributed by atoms with E-state index in [0.717, 1.165) is 17.8 Å². The van der Waals surface area contributed by atoms with Gasteiger partial charge in [-0.1, -0.05) is 46.5 Å².